The summed E-state index contributed by atoms with van der Waals surface area (Å²) < 4.78 is 47.5. The van der Waals surface area contributed by atoms with E-state index in [1.54, 1.807) is 68.0 Å². The van der Waals surface area contributed by atoms with Gasteiger partial charge in [0.05, 0.1) is 30.1 Å². The van der Waals surface area contributed by atoms with Crippen molar-refractivity contribution in [3.05, 3.63) is 123 Å². The molecule has 0 radical (unpaired) electrons. The molecule has 5 rings (SSSR count). The molecule has 1 aromatic heterocycles. The summed E-state index contributed by atoms with van der Waals surface area (Å²) in [5, 5.41) is 11.2. The van der Waals surface area contributed by atoms with Crippen molar-refractivity contribution in [2.75, 3.05) is 13.2 Å². The van der Waals surface area contributed by atoms with Gasteiger partial charge < -0.3 is 20.1 Å². The average molecular weight is 648 g/mol. The van der Waals surface area contributed by atoms with E-state index in [1.165, 1.54) is 6.07 Å². The van der Waals surface area contributed by atoms with E-state index in [2.05, 4.69) is 4.98 Å². The molecule has 1 aliphatic heterocycles. The number of imidazole rings is 1. The minimum Gasteiger partial charge on any atom is -0.677 e. The second kappa shape index (κ2) is 14.6. The van der Waals surface area contributed by atoms with Crippen LogP contribution in [0.3, 0.4) is 0 Å². The predicted molar refractivity (Wildman–Crippen MR) is 163 cm³/mol. The molecule has 8 nitrogen and oxygen atoms in total. The van der Waals surface area contributed by atoms with Crippen LogP contribution in [0.1, 0.15) is 47.7 Å². The molecule has 0 saturated carbocycles. The maximum atomic E-state index is 13.3. The monoisotopic (exact) mass is 646 g/mol. The van der Waals surface area contributed by atoms with Gasteiger partial charge in [0.1, 0.15) is 17.6 Å². The van der Waals surface area contributed by atoms with Gasteiger partial charge in [0.25, 0.3) is 0 Å². The van der Waals surface area contributed by atoms with Crippen molar-refractivity contribution in [1.82, 2.24) is 14.5 Å². The first kappa shape index (κ1) is 32.8. The van der Waals surface area contributed by atoms with E-state index in [1.807, 2.05) is 10.8 Å². The number of benzene rings is 3. The average Bonchev–Trinajstić information content (AvgIpc) is 3.66. The molecule has 4 aromatic rings. The highest BCUT2D eigenvalue weighted by molar-refractivity contribution is 6.30. The smallest absolute Gasteiger partial charge is 0.416 e. The molecule has 1 aliphatic rings. The van der Waals surface area contributed by atoms with Crippen molar-refractivity contribution < 1.29 is 27.8 Å². The summed E-state index contributed by atoms with van der Waals surface area (Å²) in [4.78, 5) is 22.2. The van der Waals surface area contributed by atoms with Crippen LogP contribution in [0.5, 0.6) is 5.75 Å². The van der Waals surface area contributed by atoms with Crippen LogP contribution in [0.2, 0.25) is 10.0 Å². The number of ether oxygens (including phenoxy) is 1. The molecule has 0 aliphatic carbocycles. The standard InChI is InChI=1S/C25H19Cl2F3N2O3.C6H10N3/c1-2-35-20-13-16(25(28,29)30)7-12-19(20)23-31-21(14-3-8-17(26)9-4-14)22(32(23)24(33)34)15-5-10-18(27)11-6-15;7-2-1-4-9-5-3-8-6-9/h3-13,21-22H,2H2,1H3,(H,33,34);3,5-7H,1-2,4H2/q;-1. The van der Waals surface area contributed by atoms with Crippen molar-refractivity contribution in [3.63, 3.8) is 0 Å². The molecule has 44 heavy (non-hydrogen) atoms. The Bertz CT molecular complexity index is 1560. The number of carboxylic acid groups (broad SMARTS) is 1. The molecule has 0 fully saturated rings. The Morgan fingerprint density at radius 3 is 2.18 bits per heavy atom. The first-order chi connectivity index (χ1) is 21.0. The lowest BCUT2D eigenvalue weighted by Crippen LogP contribution is -2.37. The minimum atomic E-state index is -4.59. The molecule has 2 N–H and O–H groups in total. The summed E-state index contributed by atoms with van der Waals surface area (Å²) in [6, 6.07) is 14.9. The summed E-state index contributed by atoms with van der Waals surface area (Å²) in [6.45, 7) is 3.13. The van der Waals surface area contributed by atoms with Crippen molar-refractivity contribution >= 4 is 35.1 Å². The predicted octanol–water partition coefficient (Wildman–Crippen LogP) is 8.96. The second-order valence-electron chi connectivity index (χ2n) is 9.64. The molecule has 2 atom stereocenters. The Labute approximate surface area is 262 Å². The minimum absolute atomic E-state index is 0.0189. The quantitative estimate of drug-likeness (QED) is 0.206. The third-order valence-electron chi connectivity index (χ3n) is 6.70. The van der Waals surface area contributed by atoms with Gasteiger partial charge in [-0.25, -0.2) is 9.78 Å². The van der Waals surface area contributed by atoms with Gasteiger partial charge in [-0.05, 0) is 60.5 Å². The first-order valence-corrected chi connectivity index (χ1v) is 14.3. The number of aromatic nitrogens is 2. The van der Waals surface area contributed by atoms with Gasteiger partial charge in [-0.2, -0.15) is 13.2 Å². The van der Waals surface area contributed by atoms with Crippen LogP contribution in [-0.4, -0.2) is 44.6 Å². The van der Waals surface area contributed by atoms with Gasteiger partial charge in [-0.3, -0.25) is 9.89 Å². The molecule has 1 amide bonds. The number of nitrogens with zero attached hydrogens (tertiary/aromatic N) is 4. The fourth-order valence-corrected chi connectivity index (χ4v) is 4.95. The molecule has 3 aromatic carbocycles. The Kier molecular flexibility index (Phi) is 10.9. The number of halogens is 5. The number of nitrogens with one attached hydrogen (secondary N) is 1. The van der Waals surface area contributed by atoms with E-state index in [-0.39, 0.29) is 23.8 Å². The normalized spacial score (nSPS) is 16.2. The van der Waals surface area contributed by atoms with Crippen LogP contribution in [0.25, 0.3) is 5.73 Å². The highest BCUT2D eigenvalue weighted by atomic mass is 35.5. The van der Waals surface area contributed by atoms with Gasteiger partial charge in [0, 0.05) is 29.0 Å². The fraction of sp³-hybridized carbons (Fsp3) is 0.258. The lowest BCUT2D eigenvalue weighted by atomic mass is 9.94. The molecule has 0 spiro atoms. The van der Waals surface area contributed by atoms with Gasteiger partial charge in [0.2, 0.25) is 0 Å². The number of alkyl halides is 3. The SMILES string of the molecule is CCOc1cc(C(F)(F)F)ccc1C1=NC(c2ccc(Cl)cc2)C(c2ccc(Cl)cc2)N1C(=O)O.[NH-]CCCn1ccnc1. The number of hydrogen-bond acceptors (Lipinski definition) is 4. The Hall–Kier alpha value is -4.06. The summed E-state index contributed by atoms with van der Waals surface area (Å²) in [6.07, 6.45) is 0.444. The zero-order chi connectivity index (χ0) is 31.9. The molecule has 0 saturated heterocycles. The van der Waals surface area contributed by atoms with Gasteiger partial charge >= 0.3 is 12.3 Å². The van der Waals surface area contributed by atoms with Gasteiger partial charge in [-0.1, -0.05) is 53.9 Å². The highest BCUT2D eigenvalue weighted by Crippen LogP contribution is 2.45. The highest BCUT2D eigenvalue weighted by Gasteiger charge is 2.43. The zero-order valence-electron chi connectivity index (χ0n) is 23.5. The summed E-state index contributed by atoms with van der Waals surface area (Å²) in [5.74, 6) is -0.131. The van der Waals surface area contributed by atoms with E-state index in [0.29, 0.717) is 27.7 Å². The Morgan fingerprint density at radius 1 is 1.02 bits per heavy atom. The number of aliphatic imine (C=N–C) groups is 1. The van der Waals surface area contributed by atoms with Crippen molar-refractivity contribution in [2.24, 2.45) is 4.99 Å². The van der Waals surface area contributed by atoms with Gasteiger partial charge in [0.15, 0.2) is 0 Å². The van der Waals surface area contributed by atoms with Crippen LogP contribution in [-0.2, 0) is 12.7 Å². The number of hydrogen-bond donors (Lipinski definition) is 1. The summed E-state index contributed by atoms with van der Waals surface area (Å²) in [7, 11) is 0. The lowest BCUT2D eigenvalue weighted by molar-refractivity contribution is -0.137. The Morgan fingerprint density at radius 2 is 1.66 bits per heavy atom. The number of amides is 1. The van der Waals surface area contributed by atoms with E-state index in [4.69, 9.17) is 38.7 Å². The Balaban J connectivity index is 0.000000421. The molecule has 13 heteroatoms. The van der Waals surface area contributed by atoms with E-state index in [9.17, 15) is 23.1 Å². The van der Waals surface area contributed by atoms with Crippen LogP contribution < -0.4 is 4.74 Å². The summed E-state index contributed by atoms with van der Waals surface area (Å²) >= 11 is 12.1. The maximum absolute atomic E-state index is 13.3. The number of carbonyl (C=O) groups is 1. The number of amidine groups is 1. The van der Waals surface area contributed by atoms with Crippen LogP contribution in [0.4, 0.5) is 18.0 Å². The van der Waals surface area contributed by atoms with E-state index >= 15 is 0 Å². The second-order valence-corrected chi connectivity index (χ2v) is 10.5. The maximum Gasteiger partial charge on any atom is 0.416 e. The summed E-state index contributed by atoms with van der Waals surface area (Å²) in [5.41, 5.74) is 7.39. The van der Waals surface area contributed by atoms with Crippen LogP contribution >= 0.6 is 23.2 Å². The van der Waals surface area contributed by atoms with Crippen molar-refractivity contribution in [3.8, 4) is 5.75 Å². The topological polar surface area (TPSA) is 104 Å². The fourth-order valence-electron chi connectivity index (χ4n) is 4.69. The molecule has 0 bridgehead atoms. The van der Waals surface area contributed by atoms with Crippen molar-refractivity contribution in [2.45, 2.75) is 38.1 Å². The van der Waals surface area contributed by atoms with E-state index in [0.717, 1.165) is 30.0 Å². The molecule has 2 unspecified atom stereocenters. The molecular weight excluding hydrogens is 618 g/mol. The third-order valence-corrected chi connectivity index (χ3v) is 7.20. The van der Waals surface area contributed by atoms with Crippen LogP contribution in [0.15, 0.2) is 90.4 Å². The lowest BCUT2D eigenvalue weighted by Gasteiger charge is -2.27. The van der Waals surface area contributed by atoms with Crippen molar-refractivity contribution in [1.29, 1.82) is 0 Å². The third kappa shape index (κ3) is 7.90. The number of rotatable bonds is 8. The molecule has 232 valence electrons. The largest absolute Gasteiger partial charge is 0.677 e. The van der Waals surface area contributed by atoms with Gasteiger partial charge in [-0.15, -0.1) is 6.54 Å². The zero-order valence-corrected chi connectivity index (χ0v) is 25.0. The number of aryl methyl sites for hydroxylation is 1. The van der Waals surface area contributed by atoms with Crippen LogP contribution in [0, 0.1) is 0 Å². The molecular formula is C31H29Cl2F3N5O3-. The van der Waals surface area contributed by atoms with E-state index < -0.39 is 29.9 Å². The molecule has 2 heterocycles. The first-order valence-electron chi connectivity index (χ1n) is 13.6.